The second kappa shape index (κ2) is 10.9. The number of rotatable bonds is 10. The Kier molecular flexibility index (Phi) is 8.24. The Morgan fingerprint density at radius 2 is 1.41 bits per heavy atom. The molecule has 0 bridgehead atoms. The molecular formula is C27H40. The highest BCUT2D eigenvalue weighted by Crippen LogP contribution is 2.38. The Morgan fingerprint density at radius 3 is 2.19 bits per heavy atom. The van der Waals surface area contributed by atoms with Crippen LogP contribution in [0.4, 0.5) is 0 Å². The first kappa shape index (κ1) is 20.4. The fourth-order valence-electron chi connectivity index (χ4n) is 4.93. The van der Waals surface area contributed by atoms with Crippen molar-refractivity contribution < 1.29 is 0 Å². The van der Waals surface area contributed by atoms with Gasteiger partial charge in [-0.15, -0.1) is 0 Å². The zero-order valence-corrected chi connectivity index (χ0v) is 17.8. The van der Waals surface area contributed by atoms with Crippen LogP contribution in [0.3, 0.4) is 0 Å². The third-order valence-electron chi connectivity index (χ3n) is 6.78. The van der Waals surface area contributed by atoms with Crippen molar-refractivity contribution in [1.82, 2.24) is 0 Å². The van der Waals surface area contributed by atoms with E-state index in [0.717, 1.165) is 11.8 Å². The van der Waals surface area contributed by atoms with Gasteiger partial charge in [-0.25, -0.2) is 0 Å². The topological polar surface area (TPSA) is 0 Å². The predicted molar refractivity (Wildman–Crippen MR) is 121 cm³/mol. The van der Waals surface area contributed by atoms with Crippen LogP contribution in [0.2, 0.25) is 0 Å². The summed E-state index contributed by atoms with van der Waals surface area (Å²) in [6.07, 6.45) is 18.0. The molecule has 1 aliphatic rings. The second-order valence-electron chi connectivity index (χ2n) is 8.97. The number of unbranched alkanes of at least 4 members (excludes halogenated alkanes) is 5. The minimum atomic E-state index is 0.797. The van der Waals surface area contributed by atoms with E-state index >= 15 is 0 Å². The summed E-state index contributed by atoms with van der Waals surface area (Å²) < 4.78 is 0. The first-order valence-electron chi connectivity index (χ1n) is 11.8. The molecule has 0 aromatic heterocycles. The van der Waals surface area contributed by atoms with Gasteiger partial charge in [-0.3, -0.25) is 0 Å². The van der Waals surface area contributed by atoms with Crippen LogP contribution >= 0.6 is 0 Å². The second-order valence-corrected chi connectivity index (χ2v) is 8.97. The van der Waals surface area contributed by atoms with Crippen molar-refractivity contribution in [3.05, 3.63) is 47.5 Å². The van der Waals surface area contributed by atoms with Crippen LogP contribution < -0.4 is 0 Å². The van der Waals surface area contributed by atoms with Gasteiger partial charge in [0.05, 0.1) is 0 Å². The van der Waals surface area contributed by atoms with Crippen LogP contribution in [0.25, 0.3) is 10.8 Å². The van der Waals surface area contributed by atoms with Crippen LogP contribution in [0, 0.1) is 5.92 Å². The molecule has 0 heteroatoms. The van der Waals surface area contributed by atoms with E-state index < -0.39 is 0 Å². The molecule has 2 aromatic carbocycles. The summed E-state index contributed by atoms with van der Waals surface area (Å²) in [7, 11) is 0. The highest BCUT2D eigenvalue weighted by molar-refractivity contribution is 5.84. The van der Waals surface area contributed by atoms with Gasteiger partial charge in [-0.2, -0.15) is 0 Å². The maximum Gasteiger partial charge on any atom is -0.0162 e. The van der Waals surface area contributed by atoms with Crippen LogP contribution in [0.15, 0.2) is 36.4 Å². The fraction of sp³-hybridized carbons (Fsp3) is 0.630. The molecule has 0 aliphatic heterocycles. The van der Waals surface area contributed by atoms with E-state index in [-0.39, 0.29) is 0 Å². The zero-order chi connectivity index (χ0) is 18.9. The van der Waals surface area contributed by atoms with E-state index in [2.05, 4.69) is 50.2 Å². The quantitative estimate of drug-likeness (QED) is 0.369. The van der Waals surface area contributed by atoms with Gasteiger partial charge in [0.2, 0.25) is 0 Å². The lowest BCUT2D eigenvalue weighted by molar-refractivity contribution is 0.304. The molecule has 0 amide bonds. The molecule has 1 saturated carbocycles. The van der Waals surface area contributed by atoms with Gasteiger partial charge < -0.3 is 0 Å². The van der Waals surface area contributed by atoms with Crippen molar-refractivity contribution in [1.29, 1.82) is 0 Å². The van der Waals surface area contributed by atoms with E-state index in [9.17, 15) is 0 Å². The molecule has 2 aromatic rings. The maximum atomic E-state index is 2.48. The normalized spacial score (nSPS) is 20.2. The lowest BCUT2D eigenvalue weighted by atomic mass is 9.77. The molecule has 148 valence electrons. The van der Waals surface area contributed by atoms with Crippen LogP contribution in [-0.4, -0.2) is 0 Å². The molecule has 0 nitrogen and oxygen atoms in total. The first-order valence-corrected chi connectivity index (χ1v) is 11.8. The predicted octanol–water partition coefficient (Wildman–Crippen LogP) is 8.82. The van der Waals surface area contributed by atoms with Crippen molar-refractivity contribution in [2.45, 2.75) is 103 Å². The Hall–Kier alpha value is -1.30. The lowest BCUT2D eigenvalue weighted by Gasteiger charge is -2.29. The van der Waals surface area contributed by atoms with Gasteiger partial charge >= 0.3 is 0 Å². The first-order chi connectivity index (χ1) is 13.3. The molecule has 27 heavy (non-hydrogen) atoms. The van der Waals surface area contributed by atoms with Crippen LogP contribution in [0.1, 0.15) is 108 Å². The standard InChI is InChI=1S/C27H40/c1-3-5-7-8-9-11-23-14-17-27-21-26(19-18-25(27)20-23)24-15-12-22(13-16-24)10-6-4-2/h14,17-22,24H,3-13,15-16H2,1-2H3. The number of hydrogen-bond acceptors (Lipinski definition) is 0. The summed E-state index contributed by atoms with van der Waals surface area (Å²) in [6, 6.07) is 14.5. The van der Waals surface area contributed by atoms with Crippen molar-refractivity contribution in [2.75, 3.05) is 0 Å². The smallest absolute Gasteiger partial charge is 0.0162 e. The van der Waals surface area contributed by atoms with Crippen LogP contribution in [-0.2, 0) is 6.42 Å². The Balaban J connectivity index is 1.55. The summed E-state index contributed by atoms with van der Waals surface area (Å²) in [5.74, 6) is 1.80. The highest BCUT2D eigenvalue weighted by Gasteiger charge is 2.22. The van der Waals surface area contributed by atoms with Crippen molar-refractivity contribution in [3.8, 4) is 0 Å². The summed E-state index contributed by atoms with van der Waals surface area (Å²) in [4.78, 5) is 0. The fourth-order valence-corrected chi connectivity index (χ4v) is 4.93. The van der Waals surface area contributed by atoms with Gasteiger partial charge in [0.25, 0.3) is 0 Å². The monoisotopic (exact) mass is 364 g/mol. The molecule has 3 rings (SSSR count). The molecule has 0 unspecified atom stereocenters. The summed E-state index contributed by atoms with van der Waals surface area (Å²) in [5, 5.41) is 2.87. The van der Waals surface area contributed by atoms with E-state index in [1.807, 2.05) is 0 Å². The van der Waals surface area contributed by atoms with Crippen molar-refractivity contribution in [3.63, 3.8) is 0 Å². The van der Waals surface area contributed by atoms with Gasteiger partial charge in [-0.05, 0) is 72.3 Å². The third kappa shape index (κ3) is 6.09. The minimum Gasteiger partial charge on any atom is -0.0654 e. The molecular weight excluding hydrogens is 324 g/mol. The molecule has 0 heterocycles. The zero-order valence-electron chi connectivity index (χ0n) is 17.8. The Bertz CT molecular complexity index is 675. The molecule has 0 atom stereocenters. The van der Waals surface area contributed by atoms with Gasteiger partial charge in [0.15, 0.2) is 0 Å². The average Bonchev–Trinajstić information content (AvgIpc) is 2.72. The molecule has 0 spiro atoms. The average molecular weight is 365 g/mol. The van der Waals surface area contributed by atoms with Gasteiger partial charge in [0.1, 0.15) is 0 Å². The minimum absolute atomic E-state index is 0.797. The van der Waals surface area contributed by atoms with E-state index in [1.54, 1.807) is 5.56 Å². The molecule has 0 N–H and O–H groups in total. The lowest BCUT2D eigenvalue weighted by Crippen LogP contribution is -2.13. The van der Waals surface area contributed by atoms with Gasteiger partial charge in [-0.1, -0.05) is 95.2 Å². The molecule has 1 aliphatic carbocycles. The highest BCUT2D eigenvalue weighted by atomic mass is 14.3. The van der Waals surface area contributed by atoms with E-state index in [4.69, 9.17) is 0 Å². The molecule has 0 radical (unpaired) electrons. The maximum absolute atomic E-state index is 2.48. The third-order valence-corrected chi connectivity index (χ3v) is 6.78. The number of aryl methyl sites for hydroxylation is 1. The number of fused-ring (bicyclic) bond motifs is 1. The van der Waals surface area contributed by atoms with E-state index in [0.29, 0.717) is 0 Å². The molecule has 1 fully saturated rings. The van der Waals surface area contributed by atoms with Crippen LogP contribution in [0.5, 0.6) is 0 Å². The Morgan fingerprint density at radius 1 is 0.704 bits per heavy atom. The Labute approximate surface area is 167 Å². The number of benzene rings is 2. The van der Waals surface area contributed by atoms with Crippen molar-refractivity contribution in [2.24, 2.45) is 5.92 Å². The summed E-state index contributed by atoms with van der Waals surface area (Å²) in [5.41, 5.74) is 3.10. The number of hydrogen-bond donors (Lipinski definition) is 0. The summed E-state index contributed by atoms with van der Waals surface area (Å²) in [6.45, 7) is 4.61. The molecule has 0 saturated heterocycles. The van der Waals surface area contributed by atoms with Gasteiger partial charge in [0, 0.05) is 0 Å². The summed E-state index contributed by atoms with van der Waals surface area (Å²) >= 11 is 0. The SMILES string of the molecule is CCCCCCCc1ccc2cc(C3CCC(CCCC)CC3)ccc2c1. The van der Waals surface area contributed by atoms with Crippen molar-refractivity contribution >= 4 is 10.8 Å². The van der Waals surface area contributed by atoms with E-state index in [1.165, 1.54) is 99.8 Å². The largest absolute Gasteiger partial charge is 0.0654 e.